The molecule has 1 aliphatic heterocycles. The quantitative estimate of drug-likeness (QED) is 0.592. The first-order valence-corrected chi connectivity index (χ1v) is 5.60. The van der Waals surface area contributed by atoms with Crippen LogP contribution in [0, 0.1) is 5.92 Å². The van der Waals surface area contributed by atoms with E-state index in [-0.39, 0.29) is 17.6 Å². The SMILES string of the molecule is O=C1CCCCC1C(=O)N1CCCC1. The van der Waals surface area contributed by atoms with E-state index < -0.39 is 0 Å². The van der Waals surface area contributed by atoms with Gasteiger partial charge in [0.15, 0.2) is 0 Å². The molecule has 0 spiro atoms. The van der Waals surface area contributed by atoms with Gasteiger partial charge in [-0.1, -0.05) is 6.42 Å². The molecule has 0 bridgehead atoms. The second-order valence-corrected chi connectivity index (χ2v) is 4.30. The minimum Gasteiger partial charge on any atom is -0.342 e. The van der Waals surface area contributed by atoms with Gasteiger partial charge in [0, 0.05) is 19.5 Å². The van der Waals surface area contributed by atoms with E-state index in [4.69, 9.17) is 0 Å². The van der Waals surface area contributed by atoms with E-state index in [0.29, 0.717) is 6.42 Å². The molecule has 0 aromatic heterocycles. The molecular weight excluding hydrogens is 178 g/mol. The van der Waals surface area contributed by atoms with E-state index in [9.17, 15) is 9.59 Å². The monoisotopic (exact) mass is 195 g/mol. The lowest BCUT2D eigenvalue weighted by atomic mass is 9.87. The Labute approximate surface area is 84.5 Å². The molecule has 3 nitrogen and oxygen atoms in total. The normalized spacial score (nSPS) is 28.1. The van der Waals surface area contributed by atoms with Crippen LogP contribution >= 0.6 is 0 Å². The van der Waals surface area contributed by atoms with Gasteiger partial charge >= 0.3 is 0 Å². The largest absolute Gasteiger partial charge is 0.342 e. The minimum absolute atomic E-state index is 0.104. The van der Waals surface area contributed by atoms with Gasteiger partial charge in [-0.05, 0) is 25.7 Å². The topological polar surface area (TPSA) is 37.4 Å². The summed E-state index contributed by atoms with van der Waals surface area (Å²) in [5.41, 5.74) is 0. The molecule has 0 aromatic carbocycles. The summed E-state index contributed by atoms with van der Waals surface area (Å²) in [5.74, 6) is -0.0119. The summed E-state index contributed by atoms with van der Waals surface area (Å²) >= 11 is 0. The third-order valence-corrected chi connectivity index (χ3v) is 3.27. The lowest BCUT2D eigenvalue weighted by Crippen LogP contribution is -2.38. The van der Waals surface area contributed by atoms with Crippen LogP contribution in [0.25, 0.3) is 0 Å². The molecule has 1 heterocycles. The zero-order valence-corrected chi connectivity index (χ0v) is 8.50. The molecule has 2 fully saturated rings. The molecule has 14 heavy (non-hydrogen) atoms. The highest BCUT2D eigenvalue weighted by Gasteiger charge is 2.32. The van der Waals surface area contributed by atoms with Crippen molar-refractivity contribution in [2.24, 2.45) is 5.92 Å². The highest BCUT2D eigenvalue weighted by Crippen LogP contribution is 2.24. The van der Waals surface area contributed by atoms with Crippen molar-refractivity contribution in [1.82, 2.24) is 4.90 Å². The number of likely N-dealkylation sites (tertiary alicyclic amines) is 1. The molecule has 0 radical (unpaired) electrons. The van der Waals surface area contributed by atoms with Crippen LogP contribution in [-0.2, 0) is 9.59 Å². The molecule has 2 rings (SSSR count). The lowest BCUT2D eigenvalue weighted by molar-refractivity contribution is -0.141. The summed E-state index contributed by atoms with van der Waals surface area (Å²) in [6.07, 6.45) is 5.62. The van der Waals surface area contributed by atoms with Gasteiger partial charge in [-0.2, -0.15) is 0 Å². The first kappa shape index (κ1) is 9.69. The fraction of sp³-hybridized carbons (Fsp3) is 0.818. The van der Waals surface area contributed by atoms with Gasteiger partial charge in [0.2, 0.25) is 5.91 Å². The number of nitrogens with zero attached hydrogens (tertiary/aromatic N) is 1. The van der Waals surface area contributed by atoms with Gasteiger partial charge in [-0.3, -0.25) is 9.59 Å². The Morgan fingerprint density at radius 3 is 2.50 bits per heavy atom. The van der Waals surface area contributed by atoms with Gasteiger partial charge in [-0.25, -0.2) is 0 Å². The molecule has 1 aliphatic carbocycles. The second-order valence-electron chi connectivity index (χ2n) is 4.30. The Morgan fingerprint density at radius 2 is 1.86 bits per heavy atom. The van der Waals surface area contributed by atoms with Gasteiger partial charge in [0.05, 0.1) is 5.92 Å². The van der Waals surface area contributed by atoms with Crippen molar-refractivity contribution in [2.45, 2.75) is 38.5 Å². The minimum atomic E-state index is -0.290. The van der Waals surface area contributed by atoms with Crippen molar-refractivity contribution in [3.63, 3.8) is 0 Å². The number of Topliss-reactive ketones (excluding diaryl/α,β-unsaturated/α-hetero) is 1. The average Bonchev–Trinajstić information content (AvgIpc) is 2.70. The van der Waals surface area contributed by atoms with Crippen molar-refractivity contribution < 1.29 is 9.59 Å². The molecule has 3 heteroatoms. The number of rotatable bonds is 1. The van der Waals surface area contributed by atoms with E-state index in [1.165, 1.54) is 0 Å². The standard InChI is InChI=1S/C11H17NO2/c13-10-6-2-1-5-9(10)11(14)12-7-3-4-8-12/h9H,1-8H2. The Balaban J connectivity index is 1.98. The summed E-state index contributed by atoms with van der Waals surface area (Å²) in [6.45, 7) is 1.73. The molecule has 1 saturated heterocycles. The number of ketones is 1. The van der Waals surface area contributed by atoms with E-state index in [2.05, 4.69) is 0 Å². The van der Waals surface area contributed by atoms with E-state index in [1.54, 1.807) is 0 Å². The molecule has 2 aliphatic rings. The Kier molecular flexibility index (Phi) is 2.85. The van der Waals surface area contributed by atoms with Gasteiger partial charge < -0.3 is 4.90 Å². The van der Waals surface area contributed by atoms with Gasteiger partial charge in [0.1, 0.15) is 5.78 Å². The highest BCUT2D eigenvalue weighted by atomic mass is 16.2. The molecule has 1 saturated carbocycles. The van der Waals surface area contributed by atoms with Crippen molar-refractivity contribution >= 4 is 11.7 Å². The van der Waals surface area contributed by atoms with Crippen molar-refractivity contribution in [1.29, 1.82) is 0 Å². The first-order valence-electron chi connectivity index (χ1n) is 5.60. The lowest BCUT2D eigenvalue weighted by Gasteiger charge is -2.24. The maximum Gasteiger partial charge on any atom is 0.233 e. The summed E-state index contributed by atoms with van der Waals surface area (Å²) in [4.78, 5) is 25.3. The Bertz CT molecular complexity index is 244. The number of hydrogen-bond acceptors (Lipinski definition) is 2. The molecule has 0 N–H and O–H groups in total. The van der Waals surface area contributed by atoms with Crippen LogP contribution in [0.15, 0.2) is 0 Å². The highest BCUT2D eigenvalue weighted by molar-refractivity contribution is 6.01. The predicted molar refractivity (Wildman–Crippen MR) is 52.8 cm³/mol. The fourth-order valence-electron chi connectivity index (χ4n) is 2.40. The van der Waals surface area contributed by atoms with Crippen LogP contribution in [-0.4, -0.2) is 29.7 Å². The third-order valence-electron chi connectivity index (χ3n) is 3.27. The van der Waals surface area contributed by atoms with Crippen molar-refractivity contribution in [3.8, 4) is 0 Å². The summed E-state index contributed by atoms with van der Waals surface area (Å²) in [6, 6.07) is 0. The van der Waals surface area contributed by atoms with E-state index in [0.717, 1.165) is 45.2 Å². The van der Waals surface area contributed by atoms with E-state index in [1.807, 2.05) is 4.90 Å². The van der Waals surface area contributed by atoms with E-state index >= 15 is 0 Å². The van der Waals surface area contributed by atoms with Gasteiger partial charge in [0.25, 0.3) is 0 Å². The van der Waals surface area contributed by atoms with Gasteiger partial charge in [-0.15, -0.1) is 0 Å². The van der Waals surface area contributed by atoms with Crippen LogP contribution in [0.4, 0.5) is 0 Å². The van der Waals surface area contributed by atoms with Crippen molar-refractivity contribution in [2.75, 3.05) is 13.1 Å². The summed E-state index contributed by atoms with van der Waals surface area (Å²) < 4.78 is 0. The maximum absolute atomic E-state index is 11.9. The average molecular weight is 195 g/mol. The summed E-state index contributed by atoms with van der Waals surface area (Å²) in [7, 11) is 0. The number of amides is 1. The predicted octanol–water partition coefficient (Wildman–Crippen LogP) is 1.37. The second kappa shape index (κ2) is 4.11. The molecule has 1 unspecified atom stereocenters. The van der Waals surface area contributed by atoms with Crippen LogP contribution in [0.2, 0.25) is 0 Å². The maximum atomic E-state index is 11.9. The summed E-state index contributed by atoms with van der Waals surface area (Å²) in [5, 5.41) is 0. The Morgan fingerprint density at radius 1 is 1.14 bits per heavy atom. The smallest absolute Gasteiger partial charge is 0.233 e. The molecule has 78 valence electrons. The number of hydrogen-bond donors (Lipinski definition) is 0. The first-order chi connectivity index (χ1) is 6.79. The molecule has 1 atom stereocenters. The molecule has 1 amide bonds. The van der Waals surface area contributed by atoms with Crippen LogP contribution in [0.3, 0.4) is 0 Å². The Hall–Kier alpha value is -0.860. The zero-order chi connectivity index (χ0) is 9.97. The molecule has 0 aromatic rings. The third kappa shape index (κ3) is 1.81. The zero-order valence-electron chi connectivity index (χ0n) is 8.50. The number of carbonyl (C=O) groups excluding carboxylic acids is 2. The van der Waals surface area contributed by atoms with Crippen LogP contribution in [0.5, 0.6) is 0 Å². The molecular formula is C11H17NO2. The van der Waals surface area contributed by atoms with Crippen molar-refractivity contribution in [3.05, 3.63) is 0 Å². The van der Waals surface area contributed by atoms with Crippen LogP contribution < -0.4 is 0 Å². The van der Waals surface area contributed by atoms with Crippen LogP contribution in [0.1, 0.15) is 38.5 Å². The fourth-order valence-corrected chi connectivity index (χ4v) is 2.40. The number of carbonyl (C=O) groups is 2.